The first-order valence-electron chi connectivity index (χ1n) is 19.6. The normalized spacial score (nSPS) is 22.8. The van der Waals surface area contributed by atoms with Gasteiger partial charge in [0.25, 0.3) is 0 Å². The summed E-state index contributed by atoms with van der Waals surface area (Å²) in [7, 11) is 0. The number of benzene rings is 1. The maximum Gasteiger partial charge on any atom is 0.333 e. The summed E-state index contributed by atoms with van der Waals surface area (Å²) in [5.41, 5.74) is 5.19. The topological polar surface area (TPSA) is 46.5 Å². The first kappa shape index (κ1) is 40.6. The lowest BCUT2D eigenvalue weighted by Crippen LogP contribution is -2.23. The number of hydrogen-bond donors (Lipinski definition) is 1. The van der Waals surface area contributed by atoms with E-state index in [1.807, 2.05) is 0 Å². The Kier molecular flexibility index (Phi) is 19.5. The van der Waals surface area contributed by atoms with Crippen LogP contribution in [0.25, 0.3) is 0 Å². The Morgan fingerprint density at radius 3 is 2.09 bits per heavy atom. The standard InChI is InChI=1S/C40H66O3.C3H8/c1-8-29(4)9-12-31(6)32(7)13-10-30(5)11-14-34-17-20-39-25-38(22-21-37(39)24-34)36-18-15-33(16-19-36)23-35(26-41)27-43-40(42)28(2)3;1-3-2/h21-22,25,29-36,41H,2,8-20,23-24,26-27H2,1,3-7H3;3H2,1-2H3. The van der Waals surface area contributed by atoms with E-state index in [0.717, 1.165) is 36.0 Å². The molecule has 1 aromatic rings. The first-order chi connectivity index (χ1) is 22.0. The van der Waals surface area contributed by atoms with Crippen LogP contribution in [0, 0.1) is 41.4 Å². The largest absolute Gasteiger partial charge is 0.462 e. The molecule has 6 atom stereocenters. The van der Waals surface area contributed by atoms with E-state index in [9.17, 15) is 9.90 Å². The van der Waals surface area contributed by atoms with Crippen LogP contribution in [0.15, 0.2) is 30.4 Å². The van der Waals surface area contributed by atoms with Gasteiger partial charge in [0.15, 0.2) is 0 Å². The smallest absolute Gasteiger partial charge is 0.333 e. The van der Waals surface area contributed by atoms with Crippen LogP contribution in [0.1, 0.15) is 168 Å². The van der Waals surface area contributed by atoms with Gasteiger partial charge in [0.05, 0.1) is 6.61 Å². The molecule has 0 bridgehead atoms. The van der Waals surface area contributed by atoms with Gasteiger partial charge in [-0.3, -0.25) is 0 Å². The quantitative estimate of drug-likeness (QED) is 0.129. The number of esters is 1. The molecule has 6 unspecified atom stereocenters. The Balaban J connectivity index is 0.00000236. The second-order valence-corrected chi connectivity index (χ2v) is 16.0. The number of rotatable bonds is 18. The van der Waals surface area contributed by atoms with E-state index in [-0.39, 0.29) is 18.5 Å². The van der Waals surface area contributed by atoms with Crippen LogP contribution in [0.3, 0.4) is 0 Å². The van der Waals surface area contributed by atoms with Gasteiger partial charge < -0.3 is 9.84 Å². The van der Waals surface area contributed by atoms with Crippen LogP contribution < -0.4 is 0 Å². The minimum absolute atomic E-state index is 0.0288. The Morgan fingerprint density at radius 1 is 0.870 bits per heavy atom. The molecular weight excluding hydrogens is 564 g/mol. The SMILES string of the molecule is C=C(C)C(=O)OCC(CO)CC1CCC(c2ccc3c(c2)CCC(CCC(C)CCC(C)C(C)CCC(C)CC)C3)CC1.CCC. The van der Waals surface area contributed by atoms with Crippen molar-refractivity contribution in [3.8, 4) is 0 Å². The van der Waals surface area contributed by atoms with Crippen molar-refractivity contribution in [3.63, 3.8) is 0 Å². The number of carbonyl (C=O) groups excluding carboxylic acids is 1. The zero-order chi connectivity index (χ0) is 34.1. The van der Waals surface area contributed by atoms with Crippen molar-refractivity contribution in [3.05, 3.63) is 47.0 Å². The molecule has 3 nitrogen and oxygen atoms in total. The summed E-state index contributed by atoms with van der Waals surface area (Å²) in [6, 6.07) is 7.45. The molecule has 1 saturated carbocycles. The number of fused-ring (bicyclic) bond motifs is 1. The third-order valence-electron chi connectivity index (χ3n) is 11.6. The van der Waals surface area contributed by atoms with Crippen molar-refractivity contribution in [1.29, 1.82) is 0 Å². The molecule has 2 aliphatic rings. The lowest BCUT2D eigenvalue weighted by molar-refractivity contribution is -0.140. The molecule has 0 aliphatic heterocycles. The zero-order valence-corrected chi connectivity index (χ0v) is 31.5. The molecule has 46 heavy (non-hydrogen) atoms. The summed E-state index contributed by atoms with van der Waals surface area (Å²) < 4.78 is 5.32. The third-order valence-corrected chi connectivity index (χ3v) is 11.6. The Labute approximate surface area is 285 Å². The molecule has 2 aliphatic carbocycles. The highest BCUT2D eigenvalue weighted by Gasteiger charge is 2.27. The number of aryl methyl sites for hydroxylation is 1. The molecule has 0 radical (unpaired) electrons. The van der Waals surface area contributed by atoms with E-state index in [2.05, 4.69) is 73.2 Å². The number of aliphatic hydroxyl groups is 1. The monoisotopic (exact) mass is 639 g/mol. The summed E-state index contributed by atoms with van der Waals surface area (Å²) in [6.07, 6.45) is 20.6. The minimum Gasteiger partial charge on any atom is -0.462 e. The van der Waals surface area contributed by atoms with Crippen molar-refractivity contribution < 1.29 is 14.6 Å². The van der Waals surface area contributed by atoms with Crippen LogP contribution in [0.2, 0.25) is 0 Å². The molecule has 3 heteroatoms. The molecule has 0 amide bonds. The number of aliphatic hydroxyl groups excluding tert-OH is 1. The molecular formula is C43H74O3. The van der Waals surface area contributed by atoms with Crippen LogP contribution in [0.4, 0.5) is 0 Å². The fraction of sp³-hybridized carbons (Fsp3) is 0.791. The molecule has 0 saturated heterocycles. The average Bonchev–Trinajstić information content (AvgIpc) is 3.06. The molecule has 0 spiro atoms. The highest BCUT2D eigenvalue weighted by atomic mass is 16.5. The Hall–Kier alpha value is -1.61. The van der Waals surface area contributed by atoms with Gasteiger partial charge in [-0.2, -0.15) is 0 Å². The van der Waals surface area contributed by atoms with Crippen LogP contribution in [0.5, 0.6) is 0 Å². The van der Waals surface area contributed by atoms with Crippen LogP contribution in [-0.2, 0) is 22.4 Å². The maximum absolute atomic E-state index is 11.7. The van der Waals surface area contributed by atoms with Gasteiger partial charge in [-0.05, 0) is 123 Å². The third kappa shape index (κ3) is 14.7. The molecule has 0 aromatic heterocycles. The fourth-order valence-electron chi connectivity index (χ4n) is 7.60. The fourth-order valence-corrected chi connectivity index (χ4v) is 7.60. The number of ether oxygens (including phenoxy) is 1. The minimum atomic E-state index is -0.353. The highest BCUT2D eigenvalue weighted by Crippen LogP contribution is 2.40. The highest BCUT2D eigenvalue weighted by molar-refractivity contribution is 5.86. The predicted octanol–water partition coefficient (Wildman–Crippen LogP) is 11.9. The summed E-state index contributed by atoms with van der Waals surface area (Å²) >= 11 is 0. The van der Waals surface area contributed by atoms with E-state index < -0.39 is 0 Å². The summed E-state index contributed by atoms with van der Waals surface area (Å²) in [4.78, 5) is 11.7. The van der Waals surface area contributed by atoms with Gasteiger partial charge in [-0.25, -0.2) is 4.79 Å². The van der Waals surface area contributed by atoms with Gasteiger partial charge in [-0.15, -0.1) is 0 Å². The van der Waals surface area contributed by atoms with Crippen LogP contribution in [-0.4, -0.2) is 24.3 Å². The molecule has 3 rings (SSSR count). The van der Waals surface area contributed by atoms with E-state index >= 15 is 0 Å². The number of hydrogen-bond acceptors (Lipinski definition) is 3. The Morgan fingerprint density at radius 2 is 1.50 bits per heavy atom. The van der Waals surface area contributed by atoms with E-state index in [4.69, 9.17) is 4.74 Å². The predicted molar refractivity (Wildman–Crippen MR) is 198 cm³/mol. The van der Waals surface area contributed by atoms with Gasteiger partial charge in [0.2, 0.25) is 0 Å². The van der Waals surface area contributed by atoms with Crippen LogP contribution >= 0.6 is 0 Å². The number of carbonyl (C=O) groups is 1. The molecule has 264 valence electrons. The average molecular weight is 639 g/mol. The molecule has 1 N–H and O–H groups in total. The lowest BCUT2D eigenvalue weighted by Gasteiger charge is -2.32. The molecule has 0 heterocycles. The van der Waals surface area contributed by atoms with Crippen molar-refractivity contribution in [2.75, 3.05) is 13.2 Å². The van der Waals surface area contributed by atoms with Gasteiger partial charge in [0, 0.05) is 18.1 Å². The summed E-state index contributed by atoms with van der Waals surface area (Å²) in [5.74, 6) is 5.25. The zero-order valence-electron chi connectivity index (χ0n) is 31.5. The van der Waals surface area contributed by atoms with Crippen molar-refractivity contribution in [2.24, 2.45) is 41.4 Å². The first-order valence-corrected chi connectivity index (χ1v) is 19.6. The van der Waals surface area contributed by atoms with Crippen molar-refractivity contribution in [2.45, 2.75) is 164 Å². The second-order valence-electron chi connectivity index (χ2n) is 16.0. The van der Waals surface area contributed by atoms with E-state index in [1.165, 1.54) is 96.3 Å². The van der Waals surface area contributed by atoms with Gasteiger partial charge in [0.1, 0.15) is 0 Å². The summed E-state index contributed by atoms with van der Waals surface area (Å²) in [6.45, 7) is 22.1. The van der Waals surface area contributed by atoms with Crippen molar-refractivity contribution in [1.82, 2.24) is 0 Å². The van der Waals surface area contributed by atoms with E-state index in [0.29, 0.717) is 24.0 Å². The van der Waals surface area contributed by atoms with E-state index in [1.54, 1.807) is 23.6 Å². The molecule has 1 aromatic carbocycles. The molecule has 1 fully saturated rings. The van der Waals surface area contributed by atoms with Gasteiger partial charge in [-0.1, -0.05) is 118 Å². The Bertz CT molecular complexity index is 990. The van der Waals surface area contributed by atoms with Gasteiger partial charge >= 0.3 is 5.97 Å². The lowest BCUT2D eigenvalue weighted by atomic mass is 9.74. The maximum atomic E-state index is 11.7. The van der Waals surface area contributed by atoms with Crippen molar-refractivity contribution >= 4 is 5.97 Å². The second kappa shape index (κ2) is 22.1. The summed E-state index contributed by atoms with van der Waals surface area (Å²) in [5, 5.41) is 9.82.